The van der Waals surface area contributed by atoms with E-state index in [0.29, 0.717) is 25.1 Å². The monoisotopic (exact) mass is 271 g/mol. The average molecular weight is 271 g/mol. The number of hydrogen-bond acceptors (Lipinski definition) is 4. The summed E-state index contributed by atoms with van der Waals surface area (Å²) >= 11 is 0. The molecule has 0 aliphatic rings. The van der Waals surface area contributed by atoms with Crippen LogP contribution in [0.25, 0.3) is 0 Å². The van der Waals surface area contributed by atoms with Crippen molar-refractivity contribution < 1.29 is 19.3 Å². The highest BCUT2D eigenvalue weighted by molar-refractivity contribution is 5.34. The second kappa shape index (κ2) is 6.84. The third kappa shape index (κ3) is 5.14. The Kier molecular flexibility index (Phi) is 5.72. The molecule has 0 amide bonds. The molecule has 1 aromatic carbocycles. The molecular weight excluding hydrogens is 249 g/mol. The van der Waals surface area contributed by atoms with Crippen LogP contribution in [0.15, 0.2) is 18.2 Å². The molecule has 3 N–H and O–H groups in total. The maximum absolute atomic E-state index is 13.1. The van der Waals surface area contributed by atoms with Crippen molar-refractivity contribution in [3.63, 3.8) is 0 Å². The summed E-state index contributed by atoms with van der Waals surface area (Å²) in [5.41, 5.74) is -0.435. The molecule has 2 atom stereocenters. The fourth-order valence-electron chi connectivity index (χ4n) is 1.77. The van der Waals surface area contributed by atoms with Crippen molar-refractivity contribution in [3.05, 3.63) is 29.6 Å². The van der Waals surface area contributed by atoms with E-state index >= 15 is 0 Å². The molecule has 0 fully saturated rings. The number of rotatable bonds is 7. The van der Waals surface area contributed by atoms with Crippen molar-refractivity contribution >= 4 is 0 Å². The SMILES string of the molecule is COCCC(C)(O)CNC(C)c1cc(F)ccc1O. The molecule has 0 aliphatic heterocycles. The van der Waals surface area contributed by atoms with Gasteiger partial charge in [0, 0.05) is 38.3 Å². The molecule has 1 rings (SSSR count). The van der Waals surface area contributed by atoms with Crippen LogP contribution >= 0.6 is 0 Å². The van der Waals surface area contributed by atoms with Gasteiger partial charge in [0.15, 0.2) is 0 Å². The lowest BCUT2D eigenvalue weighted by atomic mass is 10.0. The Balaban J connectivity index is 2.59. The number of halogens is 1. The van der Waals surface area contributed by atoms with Crippen LogP contribution in [0.1, 0.15) is 31.9 Å². The number of aromatic hydroxyl groups is 1. The number of aliphatic hydroxyl groups is 1. The summed E-state index contributed by atoms with van der Waals surface area (Å²) < 4.78 is 18.1. The van der Waals surface area contributed by atoms with E-state index in [0.717, 1.165) is 0 Å². The van der Waals surface area contributed by atoms with Gasteiger partial charge in [-0.2, -0.15) is 0 Å². The fourth-order valence-corrected chi connectivity index (χ4v) is 1.77. The molecule has 4 nitrogen and oxygen atoms in total. The predicted molar refractivity (Wildman–Crippen MR) is 71.6 cm³/mol. The second-order valence-corrected chi connectivity index (χ2v) is 5.05. The lowest BCUT2D eigenvalue weighted by Gasteiger charge is -2.26. The number of phenolic OH excluding ortho intramolecular Hbond substituents is 1. The summed E-state index contributed by atoms with van der Waals surface area (Å²) in [6.45, 7) is 4.31. The molecule has 19 heavy (non-hydrogen) atoms. The van der Waals surface area contributed by atoms with Crippen LogP contribution in [0, 0.1) is 5.82 Å². The number of benzene rings is 1. The summed E-state index contributed by atoms with van der Waals surface area (Å²) in [5.74, 6) is -0.356. The van der Waals surface area contributed by atoms with E-state index < -0.39 is 11.4 Å². The Morgan fingerprint density at radius 2 is 2.16 bits per heavy atom. The maximum atomic E-state index is 13.1. The smallest absolute Gasteiger partial charge is 0.123 e. The van der Waals surface area contributed by atoms with Crippen LogP contribution in [0.5, 0.6) is 5.75 Å². The zero-order valence-corrected chi connectivity index (χ0v) is 11.6. The number of ether oxygens (including phenoxy) is 1. The van der Waals surface area contributed by atoms with Crippen molar-refractivity contribution in [2.24, 2.45) is 0 Å². The molecule has 0 radical (unpaired) electrons. The summed E-state index contributed by atoms with van der Waals surface area (Å²) in [7, 11) is 1.58. The molecular formula is C14H22FNO3. The Morgan fingerprint density at radius 3 is 2.79 bits per heavy atom. The Morgan fingerprint density at radius 1 is 1.47 bits per heavy atom. The molecule has 1 aromatic rings. The fraction of sp³-hybridized carbons (Fsp3) is 0.571. The molecule has 0 bridgehead atoms. The van der Waals surface area contributed by atoms with Gasteiger partial charge in [0.2, 0.25) is 0 Å². The number of phenols is 1. The van der Waals surface area contributed by atoms with E-state index in [1.165, 1.54) is 18.2 Å². The van der Waals surface area contributed by atoms with Gasteiger partial charge in [-0.05, 0) is 32.0 Å². The van der Waals surface area contributed by atoms with Gasteiger partial charge in [-0.3, -0.25) is 0 Å². The summed E-state index contributed by atoms with van der Waals surface area (Å²) in [6, 6.07) is 3.56. The molecule has 0 aliphatic carbocycles. The van der Waals surface area contributed by atoms with Gasteiger partial charge in [0.05, 0.1) is 5.60 Å². The van der Waals surface area contributed by atoms with Crippen molar-refractivity contribution in [3.8, 4) is 5.75 Å². The van der Waals surface area contributed by atoms with Gasteiger partial charge < -0.3 is 20.3 Å². The minimum Gasteiger partial charge on any atom is -0.508 e. The van der Waals surface area contributed by atoms with Gasteiger partial charge >= 0.3 is 0 Å². The van der Waals surface area contributed by atoms with E-state index in [2.05, 4.69) is 5.32 Å². The Bertz CT molecular complexity index is 410. The van der Waals surface area contributed by atoms with Crippen molar-refractivity contribution in [1.29, 1.82) is 0 Å². The predicted octanol–water partition coefficient (Wildman–Crippen LogP) is 1.97. The standard InChI is InChI=1S/C14H22FNO3/c1-10(12-8-11(15)4-5-13(12)17)16-9-14(2,18)6-7-19-3/h4-5,8,10,16-18H,6-7,9H2,1-3H3. The van der Waals surface area contributed by atoms with Gasteiger partial charge in [0.1, 0.15) is 11.6 Å². The summed E-state index contributed by atoms with van der Waals surface area (Å²) in [6.07, 6.45) is 0.498. The van der Waals surface area contributed by atoms with Crippen molar-refractivity contribution in [1.82, 2.24) is 5.32 Å². The summed E-state index contributed by atoms with van der Waals surface area (Å²) in [4.78, 5) is 0. The highest BCUT2D eigenvalue weighted by Crippen LogP contribution is 2.25. The first-order valence-electron chi connectivity index (χ1n) is 6.29. The molecule has 2 unspecified atom stereocenters. The van der Waals surface area contributed by atoms with Crippen LogP contribution in [0.2, 0.25) is 0 Å². The normalized spacial score (nSPS) is 16.1. The number of methoxy groups -OCH3 is 1. The van der Waals surface area contributed by atoms with Crippen LogP contribution in [0.4, 0.5) is 4.39 Å². The molecule has 0 aromatic heterocycles. The molecule has 0 spiro atoms. The van der Waals surface area contributed by atoms with E-state index in [9.17, 15) is 14.6 Å². The second-order valence-electron chi connectivity index (χ2n) is 5.05. The van der Waals surface area contributed by atoms with E-state index in [1.54, 1.807) is 21.0 Å². The Hall–Kier alpha value is -1.17. The Labute approximate surface area is 113 Å². The highest BCUT2D eigenvalue weighted by atomic mass is 19.1. The molecule has 0 heterocycles. The first kappa shape index (κ1) is 15.9. The minimum atomic E-state index is -0.910. The van der Waals surface area contributed by atoms with Crippen LogP contribution in [-0.2, 0) is 4.74 Å². The van der Waals surface area contributed by atoms with Crippen LogP contribution in [0.3, 0.4) is 0 Å². The van der Waals surface area contributed by atoms with Gasteiger partial charge in [0.25, 0.3) is 0 Å². The minimum absolute atomic E-state index is 0.0398. The number of hydrogen-bond donors (Lipinski definition) is 3. The van der Waals surface area contributed by atoms with Gasteiger partial charge in [-0.1, -0.05) is 0 Å². The molecule has 0 saturated carbocycles. The van der Waals surface area contributed by atoms with Crippen molar-refractivity contribution in [2.75, 3.05) is 20.3 Å². The van der Waals surface area contributed by atoms with E-state index in [1.807, 2.05) is 0 Å². The summed E-state index contributed by atoms with van der Waals surface area (Å²) in [5, 5.41) is 22.9. The number of nitrogens with one attached hydrogen (secondary N) is 1. The van der Waals surface area contributed by atoms with Crippen LogP contribution < -0.4 is 5.32 Å². The molecule has 5 heteroatoms. The van der Waals surface area contributed by atoms with Crippen LogP contribution in [-0.4, -0.2) is 36.1 Å². The lowest BCUT2D eigenvalue weighted by Crippen LogP contribution is -2.39. The molecule has 0 saturated heterocycles. The first-order valence-corrected chi connectivity index (χ1v) is 6.29. The topological polar surface area (TPSA) is 61.7 Å². The van der Waals surface area contributed by atoms with Gasteiger partial charge in [-0.25, -0.2) is 4.39 Å². The third-order valence-corrected chi connectivity index (χ3v) is 3.09. The van der Waals surface area contributed by atoms with E-state index in [4.69, 9.17) is 4.74 Å². The average Bonchev–Trinajstić information content (AvgIpc) is 2.36. The zero-order valence-electron chi connectivity index (χ0n) is 11.6. The maximum Gasteiger partial charge on any atom is 0.123 e. The third-order valence-electron chi connectivity index (χ3n) is 3.09. The first-order chi connectivity index (χ1) is 8.85. The quantitative estimate of drug-likeness (QED) is 0.709. The van der Waals surface area contributed by atoms with E-state index in [-0.39, 0.29) is 11.8 Å². The lowest BCUT2D eigenvalue weighted by molar-refractivity contribution is 0.0230. The molecule has 108 valence electrons. The highest BCUT2D eigenvalue weighted by Gasteiger charge is 2.21. The largest absolute Gasteiger partial charge is 0.508 e. The zero-order chi connectivity index (χ0) is 14.5. The van der Waals surface area contributed by atoms with Crippen molar-refractivity contribution in [2.45, 2.75) is 31.9 Å². The van der Waals surface area contributed by atoms with Gasteiger partial charge in [-0.15, -0.1) is 0 Å².